The Kier molecular flexibility index (Phi) is 5.97. The van der Waals surface area contributed by atoms with E-state index in [1.54, 1.807) is 0 Å². The molecule has 154 valence electrons. The number of nitrogens with one attached hydrogen (secondary N) is 1. The van der Waals surface area contributed by atoms with E-state index in [0.29, 0.717) is 0 Å². The summed E-state index contributed by atoms with van der Waals surface area (Å²) in [7, 11) is 0. The van der Waals surface area contributed by atoms with E-state index in [4.69, 9.17) is 0 Å². The van der Waals surface area contributed by atoms with Crippen molar-refractivity contribution < 1.29 is 4.79 Å². The van der Waals surface area contributed by atoms with Crippen molar-refractivity contribution in [2.24, 2.45) is 5.92 Å². The lowest BCUT2D eigenvalue weighted by Gasteiger charge is -2.33. The van der Waals surface area contributed by atoms with Crippen molar-refractivity contribution in [1.29, 1.82) is 0 Å². The summed E-state index contributed by atoms with van der Waals surface area (Å²) in [4.78, 5) is 26.5. The van der Waals surface area contributed by atoms with Crippen LogP contribution in [0.3, 0.4) is 0 Å². The normalized spacial score (nSPS) is 18.0. The predicted octanol–water partition coefficient (Wildman–Crippen LogP) is 3.94. The maximum atomic E-state index is 12.7. The number of aromatic nitrogens is 2. The van der Waals surface area contributed by atoms with Crippen molar-refractivity contribution >= 4 is 23.2 Å². The van der Waals surface area contributed by atoms with Crippen LogP contribution in [-0.2, 0) is 4.79 Å². The van der Waals surface area contributed by atoms with Crippen molar-refractivity contribution in [3.63, 3.8) is 0 Å². The smallest absolute Gasteiger partial charge is 0.227 e. The van der Waals surface area contributed by atoms with Crippen molar-refractivity contribution in [2.45, 2.75) is 46.0 Å². The standard InChI is InChI=1S/C23H31N5O/c1-17-6-7-21(18(2)14-17)26-22(29)19-8-12-27(13-9-19)20-15-24-23(25-16-20)28-10-4-3-5-11-28/h6-7,14-16,19H,3-5,8-13H2,1-2H3,(H,26,29). The van der Waals surface area contributed by atoms with Gasteiger partial charge in [-0.15, -0.1) is 0 Å². The number of amides is 1. The van der Waals surface area contributed by atoms with Crippen molar-refractivity contribution in [1.82, 2.24) is 9.97 Å². The first-order valence-corrected chi connectivity index (χ1v) is 10.8. The Balaban J connectivity index is 1.31. The number of hydrogen-bond acceptors (Lipinski definition) is 5. The van der Waals surface area contributed by atoms with Crippen LogP contribution in [0.2, 0.25) is 0 Å². The Morgan fingerprint density at radius 1 is 0.966 bits per heavy atom. The summed E-state index contributed by atoms with van der Waals surface area (Å²) in [6.45, 7) is 7.94. The highest BCUT2D eigenvalue weighted by Gasteiger charge is 2.26. The first-order chi connectivity index (χ1) is 14.1. The molecule has 1 aromatic heterocycles. The molecule has 0 radical (unpaired) electrons. The van der Waals surface area contributed by atoms with Gasteiger partial charge in [0.05, 0.1) is 18.1 Å². The fourth-order valence-electron chi connectivity index (χ4n) is 4.32. The second-order valence-electron chi connectivity index (χ2n) is 8.36. The van der Waals surface area contributed by atoms with Crippen LogP contribution in [-0.4, -0.2) is 42.1 Å². The van der Waals surface area contributed by atoms with Gasteiger partial charge >= 0.3 is 0 Å². The van der Waals surface area contributed by atoms with Gasteiger partial charge in [-0.3, -0.25) is 4.79 Å². The lowest BCUT2D eigenvalue weighted by molar-refractivity contribution is -0.120. The van der Waals surface area contributed by atoms with Gasteiger partial charge in [-0.2, -0.15) is 0 Å². The van der Waals surface area contributed by atoms with Crippen molar-refractivity contribution in [3.8, 4) is 0 Å². The topological polar surface area (TPSA) is 61.4 Å². The minimum atomic E-state index is 0.0560. The van der Waals surface area contributed by atoms with Crippen LogP contribution in [0.5, 0.6) is 0 Å². The summed E-state index contributed by atoms with van der Waals surface area (Å²) in [5, 5.41) is 3.12. The van der Waals surface area contributed by atoms with Gasteiger partial charge in [0, 0.05) is 37.8 Å². The lowest BCUT2D eigenvalue weighted by Crippen LogP contribution is -2.38. The monoisotopic (exact) mass is 393 g/mol. The van der Waals surface area contributed by atoms with E-state index in [2.05, 4.69) is 38.1 Å². The Hall–Kier alpha value is -2.63. The molecule has 2 aromatic rings. The van der Waals surface area contributed by atoms with Gasteiger partial charge in [0.15, 0.2) is 0 Å². The molecule has 1 aromatic carbocycles. The quantitative estimate of drug-likeness (QED) is 0.853. The van der Waals surface area contributed by atoms with Gasteiger partial charge in [0.25, 0.3) is 0 Å². The first-order valence-electron chi connectivity index (χ1n) is 10.8. The molecule has 2 fully saturated rings. The van der Waals surface area contributed by atoms with Crippen LogP contribution in [0, 0.1) is 19.8 Å². The molecule has 2 aliphatic heterocycles. The molecule has 6 nitrogen and oxygen atoms in total. The zero-order valence-corrected chi connectivity index (χ0v) is 17.5. The number of piperidine rings is 2. The Morgan fingerprint density at radius 2 is 1.66 bits per heavy atom. The van der Waals surface area contributed by atoms with Crippen LogP contribution < -0.4 is 15.1 Å². The molecule has 0 bridgehead atoms. The number of anilines is 3. The number of hydrogen-bond donors (Lipinski definition) is 1. The van der Waals surface area contributed by atoms with Crippen LogP contribution in [0.1, 0.15) is 43.2 Å². The Labute approximate surface area is 173 Å². The highest BCUT2D eigenvalue weighted by atomic mass is 16.1. The van der Waals surface area contributed by atoms with Gasteiger partial charge in [0.2, 0.25) is 11.9 Å². The van der Waals surface area contributed by atoms with Gasteiger partial charge < -0.3 is 15.1 Å². The van der Waals surface area contributed by atoms with Gasteiger partial charge in [-0.05, 0) is 57.6 Å². The summed E-state index contributed by atoms with van der Waals surface area (Å²) in [5.41, 5.74) is 4.30. The maximum Gasteiger partial charge on any atom is 0.227 e. The fraction of sp³-hybridized carbons (Fsp3) is 0.522. The summed E-state index contributed by atoms with van der Waals surface area (Å²) >= 11 is 0. The molecule has 1 amide bonds. The fourth-order valence-corrected chi connectivity index (χ4v) is 4.32. The number of aryl methyl sites for hydroxylation is 2. The summed E-state index contributed by atoms with van der Waals surface area (Å²) in [6, 6.07) is 6.14. The van der Waals surface area contributed by atoms with E-state index in [1.807, 2.05) is 31.5 Å². The molecule has 0 spiro atoms. The van der Waals surface area contributed by atoms with E-state index in [-0.39, 0.29) is 11.8 Å². The average Bonchev–Trinajstić information content (AvgIpc) is 2.76. The SMILES string of the molecule is Cc1ccc(NC(=O)C2CCN(c3cnc(N4CCCCC4)nc3)CC2)c(C)c1. The van der Waals surface area contributed by atoms with E-state index in [0.717, 1.165) is 61.9 Å². The highest BCUT2D eigenvalue weighted by Crippen LogP contribution is 2.25. The first kappa shape index (κ1) is 19.7. The predicted molar refractivity (Wildman–Crippen MR) is 118 cm³/mol. The number of carbonyl (C=O) groups is 1. The largest absolute Gasteiger partial charge is 0.369 e. The summed E-state index contributed by atoms with van der Waals surface area (Å²) < 4.78 is 0. The van der Waals surface area contributed by atoms with Crippen LogP contribution in [0.15, 0.2) is 30.6 Å². The number of nitrogens with zero attached hydrogens (tertiary/aromatic N) is 4. The molecule has 3 heterocycles. The van der Waals surface area contributed by atoms with E-state index < -0.39 is 0 Å². The molecule has 0 saturated carbocycles. The number of benzene rings is 1. The molecule has 2 saturated heterocycles. The maximum absolute atomic E-state index is 12.7. The molecule has 1 N–H and O–H groups in total. The van der Waals surface area contributed by atoms with Crippen LogP contribution in [0.25, 0.3) is 0 Å². The van der Waals surface area contributed by atoms with E-state index >= 15 is 0 Å². The molecular weight excluding hydrogens is 362 g/mol. The third-order valence-electron chi connectivity index (χ3n) is 6.13. The molecule has 29 heavy (non-hydrogen) atoms. The highest BCUT2D eigenvalue weighted by molar-refractivity contribution is 5.93. The summed E-state index contributed by atoms with van der Waals surface area (Å²) in [5.74, 6) is 1.03. The molecule has 0 aliphatic carbocycles. The number of rotatable bonds is 4. The van der Waals surface area contributed by atoms with E-state index in [1.165, 1.54) is 24.8 Å². The second-order valence-corrected chi connectivity index (χ2v) is 8.36. The van der Waals surface area contributed by atoms with Gasteiger partial charge in [0.1, 0.15) is 0 Å². The Morgan fingerprint density at radius 3 is 2.31 bits per heavy atom. The molecular formula is C23H31N5O. The average molecular weight is 394 g/mol. The van der Waals surface area contributed by atoms with Crippen molar-refractivity contribution in [3.05, 3.63) is 41.7 Å². The minimum absolute atomic E-state index is 0.0560. The van der Waals surface area contributed by atoms with Crippen LogP contribution >= 0.6 is 0 Å². The Bertz CT molecular complexity index is 837. The lowest BCUT2D eigenvalue weighted by atomic mass is 9.95. The zero-order chi connectivity index (χ0) is 20.2. The van der Waals surface area contributed by atoms with Crippen molar-refractivity contribution in [2.75, 3.05) is 41.3 Å². The molecule has 4 rings (SSSR count). The third-order valence-corrected chi connectivity index (χ3v) is 6.13. The number of carbonyl (C=O) groups excluding carboxylic acids is 1. The molecule has 0 atom stereocenters. The van der Waals surface area contributed by atoms with Crippen LogP contribution in [0.4, 0.5) is 17.3 Å². The van der Waals surface area contributed by atoms with E-state index in [9.17, 15) is 4.79 Å². The molecule has 6 heteroatoms. The van der Waals surface area contributed by atoms with Gasteiger partial charge in [-0.25, -0.2) is 9.97 Å². The molecule has 0 unspecified atom stereocenters. The minimum Gasteiger partial charge on any atom is -0.369 e. The summed E-state index contributed by atoms with van der Waals surface area (Å²) in [6.07, 6.45) is 9.33. The third kappa shape index (κ3) is 4.69. The zero-order valence-electron chi connectivity index (χ0n) is 17.5. The van der Waals surface area contributed by atoms with Gasteiger partial charge in [-0.1, -0.05) is 17.7 Å². The second kappa shape index (κ2) is 8.80. The molecule has 2 aliphatic rings.